The number of piperidine rings is 1. The summed E-state index contributed by atoms with van der Waals surface area (Å²) in [5.74, 6) is 1.98. The third-order valence-corrected chi connectivity index (χ3v) is 7.97. The molecule has 0 bridgehead atoms. The fourth-order valence-corrected chi connectivity index (χ4v) is 5.79. The number of rotatable bonds is 9. The van der Waals surface area contributed by atoms with Gasteiger partial charge in [-0.3, -0.25) is 14.5 Å². The average molecular weight is 463 g/mol. The third-order valence-electron chi connectivity index (χ3n) is 7.97. The molecule has 2 heterocycles. The quantitative estimate of drug-likeness (QED) is 0.516. The van der Waals surface area contributed by atoms with Gasteiger partial charge in [-0.15, -0.1) is 0 Å². The molecule has 2 saturated heterocycles. The van der Waals surface area contributed by atoms with Gasteiger partial charge in [0.25, 0.3) is 0 Å². The van der Waals surface area contributed by atoms with E-state index in [2.05, 4.69) is 47.3 Å². The van der Waals surface area contributed by atoms with Crippen LogP contribution in [0, 0.1) is 23.7 Å². The number of methoxy groups -OCH3 is 1. The number of amides is 2. The molecule has 0 aromatic heterocycles. The molecule has 188 valence electrons. The summed E-state index contributed by atoms with van der Waals surface area (Å²) in [5.41, 5.74) is 1.31. The monoisotopic (exact) mass is 462 g/mol. The first-order valence-corrected chi connectivity index (χ1v) is 13.1. The second-order valence-electron chi connectivity index (χ2n) is 10.5. The maximum absolute atomic E-state index is 13.2. The number of carbonyl (C=O) groups excluding carboxylic acids is 2. The molecular formula is C26H46N4O3. The molecule has 1 unspecified atom stereocenters. The van der Waals surface area contributed by atoms with Gasteiger partial charge in [-0.2, -0.15) is 0 Å². The number of piperazine rings is 1. The van der Waals surface area contributed by atoms with Crippen LogP contribution in [0.1, 0.15) is 59.3 Å². The molecular weight excluding hydrogens is 416 g/mol. The molecule has 2 fully saturated rings. The topological polar surface area (TPSA) is 73.9 Å². The molecule has 7 nitrogen and oxygen atoms in total. The van der Waals surface area contributed by atoms with Crippen LogP contribution < -0.4 is 10.6 Å². The second kappa shape index (κ2) is 12.9. The van der Waals surface area contributed by atoms with E-state index >= 15 is 0 Å². The number of allylic oxidation sites excluding steroid dienone is 1. The number of hydrogen-bond donors (Lipinski definition) is 2. The van der Waals surface area contributed by atoms with Gasteiger partial charge in [0.1, 0.15) is 0 Å². The molecule has 2 aliphatic heterocycles. The summed E-state index contributed by atoms with van der Waals surface area (Å²) in [5, 5.41) is 6.72. The van der Waals surface area contributed by atoms with Gasteiger partial charge < -0.3 is 20.3 Å². The zero-order valence-corrected chi connectivity index (χ0v) is 21.3. The van der Waals surface area contributed by atoms with Gasteiger partial charge in [0, 0.05) is 52.7 Å². The Morgan fingerprint density at radius 2 is 1.97 bits per heavy atom. The maximum atomic E-state index is 13.2. The lowest BCUT2D eigenvalue weighted by atomic mass is 9.69. The highest BCUT2D eigenvalue weighted by Crippen LogP contribution is 2.39. The first kappa shape index (κ1) is 26.2. The van der Waals surface area contributed by atoms with Crippen molar-refractivity contribution in [3.8, 4) is 0 Å². The van der Waals surface area contributed by atoms with Crippen LogP contribution >= 0.6 is 0 Å². The normalized spacial score (nSPS) is 29.1. The van der Waals surface area contributed by atoms with E-state index in [-0.39, 0.29) is 5.91 Å². The summed E-state index contributed by atoms with van der Waals surface area (Å²) in [4.78, 5) is 29.8. The van der Waals surface area contributed by atoms with Crippen molar-refractivity contribution in [2.75, 3.05) is 53.0 Å². The highest BCUT2D eigenvalue weighted by molar-refractivity contribution is 5.77. The molecule has 2 amide bonds. The van der Waals surface area contributed by atoms with E-state index in [0.29, 0.717) is 61.7 Å². The molecule has 3 rings (SSSR count). The Labute approximate surface area is 200 Å². The molecule has 2 N–H and O–H groups in total. The maximum Gasteiger partial charge on any atom is 0.223 e. The summed E-state index contributed by atoms with van der Waals surface area (Å²) >= 11 is 0. The lowest BCUT2D eigenvalue weighted by Gasteiger charge is -2.42. The minimum Gasteiger partial charge on any atom is -0.384 e. The molecule has 0 aromatic rings. The predicted octanol–water partition coefficient (Wildman–Crippen LogP) is 2.63. The van der Waals surface area contributed by atoms with Crippen LogP contribution in [0.25, 0.3) is 0 Å². The van der Waals surface area contributed by atoms with E-state index in [4.69, 9.17) is 4.74 Å². The minimum absolute atomic E-state index is 0.0466. The molecule has 33 heavy (non-hydrogen) atoms. The summed E-state index contributed by atoms with van der Waals surface area (Å²) in [7, 11) is 1.62. The van der Waals surface area contributed by atoms with Crippen LogP contribution in [0.4, 0.5) is 0 Å². The molecule has 1 aliphatic carbocycles. The van der Waals surface area contributed by atoms with Crippen LogP contribution in [0.3, 0.4) is 0 Å². The van der Waals surface area contributed by atoms with Gasteiger partial charge in [0.2, 0.25) is 11.8 Å². The SMILES string of the molecule is COCCC(=O)NC[C@@H]1C=C(C)[C@H](CC(=O)N2CCN(C3CCCCN3)CC2)C[C@H]1C(C)C. The number of ether oxygens (including phenoxy) is 1. The number of hydrogen-bond acceptors (Lipinski definition) is 5. The van der Waals surface area contributed by atoms with E-state index in [0.717, 1.165) is 39.1 Å². The van der Waals surface area contributed by atoms with Crippen LogP contribution in [-0.2, 0) is 14.3 Å². The van der Waals surface area contributed by atoms with Gasteiger partial charge >= 0.3 is 0 Å². The van der Waals surface area contributed by atoms with Gasteiger partial charge in [0.05, 0.1) is 12.8 Å². The Morgan fingerprint density at radius 1 is 1.21 bits per heavy atom. The highest BCUT2D eigenvalue weighted by atomic mass is 16.5. The summed E-state index contributed by atoms with van der Waals surface area (Å²) < 4.78 is 5.00. The van der Waals surface area contributed by atoms with Crippen molar-refractivity contribution in [3.63, 3.8) is 0 Å². The molecule has 0 radical (unpaired) electrons. The van der Waals surface area contributed by atoms with Crippen molar-refractivity contribution in [1.82, 2.24) is 20.4 Å². The lowest BCUT2D eigenvalue weighted by molar-refractivity contribution is -0.134. The van der Waals surface area contributed by atoms with Crippen molar-refractivity contribution >= 4 is 11.8 Å². The van der Waals surface area contributed by atoms with E-state index in [1.165, 1.54) is 24.8 Å². The summed E-state index contributed by atoms with van der Waals surface area (Å²) in [6.45, 7) is 12.6. The number of nitrogens with zero attached hydrogens (tertiary/aromatic N) is 2. The molecule has 0 saturated carbocycles. The average Bonchev–Trinajstić information content (AvgIpc) is 2.83. The minimum atomic E-state index is 0.0466. The van der Waals surface area contributed by atoms with Crippen molar-refractivity contribution in [3.05, 3.63) is 11.6 Å². The van der Waals surface area contributed by atoms with Gasteiger partial charge in [0.15, 0.2) is 0 Å². The van der Waals surface area contributed by atoms with Crippen molar-refractivity contribution < 1.29 is 14.3 Å². The number of carbonyl (C=O) groups is 2. The highest BCUT2D eigenvalue weighted by Gasteiger charge is 2.34. The zero-order valence-electron chi connectivity index (χ0n) is 21.3. The van der Waals surface area contributed by atoms with E-state index in [9.17, 15) is 9.59 Å². The Hall–Kier alpha value is -1.44. The predicted molar refractivity (Wildman–Crippen MR) is 132 cm³/mol. The zero-order chi connectivity index (χ0) is 23.8. The standard InChI is InChI=1S/C26H46N4O3/c1-19(2)23-16-21(20(3)15-22(23)18-28-25(31)8-14-33-4)17-26(32)30-12-10-29(11-13-30)24-7-5-6-9-27-24/h15,19,21-24,27H,5-14,16-18H2,1-4H3,(H,28,31)/t21-,22-,23-,24?/m0/s1. The summed E-state index contributed by atoms with van der Waals surface area (Å²) in [6, 6.07) is 0. The Bertz CT molecular complexity index is 666. The second-order valence-corrected chi connectivity index (χ2v) is 10.5. The van der Waals surface area contributed by atoms with Crippen LogP contribution in [0.2, 0.25) is 0 Å². The molecule has 0 aromatic carbocycles. The van der Waals surface area contributed by atoms with Gasteiger partial charge in [-0.05, 0) is 62.8 Å². The van der Waals surface area contributed by atoms with Crippen molar-refractivity contribution in [1.29, 1.82) is 0 Å². The number of nitrogens with one attached hydrogen (secondary N) is 2. The largest absolute Gasteiger partial charge is 0.384 e. The molecule has 4 atom stereocenters. The van der Waals surface area contributed by atoms with Gasteiger partial charge in [-0.25, -0.2) is 0 Å². The molecule has 0 spiro atoms. The molecule has 3 aliphatic rings. The summed E-state index contributed by atoms with van der Waals surface area (Å²) in [6.07, 6.45) is 8.68. The fourth-order valence-electron chi connectivity index (χ4n) is 5.79. The molecule has 7 heteroatoms. The lowest BCUT2D eigenvalue weighted by Crippen LogP contribution is -2.57. The first-order valence-electron chi connectivity index (χ1n) is 13.1. The van der Waals surface area contributed by atoms with Crippen LogP contribution in [0.15, 0.2) is 11.6 Å². The Morgan fingerprint density at radius 3 is 2.61 bits per heavy atom. The van der Waals surface area contributed by atoms with Crippen LogP contribution in [-0.4, -0.2) is 80.8 Å². The smallest absolute Gasteiger partial charge is 0.223 e. The Kier molecular flexibility index (Phi) is 10.2. The Balaban J connectivity index is 1.50. The van der Waals surface area contributed by atoms with Gasteiger partial charge in [-0.1, -0.05) is 25.5 Å². The first-order chi connectivity index (χ1) is 15.9. The van der Waals surface area contributed by atoms with Crippen molar-refractivity contribution in [2.24, 2.45) is 23.7 Å². The fraction of sp³-hybridized carbons (Fsp3) is 0.846. The van der Waals surface area contributed by atoms with E-state index in [1.807, 2.05) is 0 Å². The van der Waals surface area contributed by atoms with E-state index < -0.39 is 0 Å². The van der Waals surface area contributed by atoms with Crippen LogP contribution in [0.5, 0.6) is 0 Å². The van der Waals surface area contributed by atoms with Crippen molar-refractivity contribution in [2.45, 2.75) is 65.5 Å². The van der Waals surface area contributed by atoms with E-state index in [1.54, 1.807) is 7.11 Å². The third kappa shape index (κ3) is 7.52.